The van der Waals surface area contributed by atoms with E-state index in [0.717, 1.165) is 0 Å². The maximum absolute atomic E-state index is 12.3. The molecule has 0 aliphatic carbocycles. The van der Waals surface area contributed by atoms with E-state index in [9.17, 15) is 9.59 Å². The summed E-state index contributed by atoms with van der Waals surface area (Å²) >= 11 is 0. The first-order valence-electron chi connectivity index (χ1n) is 7.72. The molecule has 2 unspecified atom stereocenters. The molecule has 3 rings (SSSR count). The molecule has 4 N–H and O–H groups in total. The molecule has 0 bridgehead atoms. The molecule has 3 heterocycles. The number of carbonyl (C=O) groups is 2. The molecule has 8 nitrogen and oxygen atoms in total. The Kier molecular flexibility index (Phi) is 4.57. The summed E-state index contributed by atoms with van der Waals surface area (Å²) in [6, 6.07) is 4.49. The summed E-state index contributed by atoms with van der Waals surface area (Å²) in [7, 11) is 1.53. The van der Waals surface area contributed by atoms with Crippen molar-refractivity contribution in [3.63, 3.8) is 0 Å². The van der Waals surface area contributed by atoms with Gasteiger partial charge in [0.2, 0.25) is 17.7 Å². The SMILES string of the molecule is COc1ccc2nccc(NC(=O)CC3CCC(N)C(=O)N3)c2n1. The summed E-state index contributed by atoms with van der Waals surface area (Å²) < 4.78 is 5.11. The van der Waals surface area contributed by atoms with Crippen LogP contribution in [0.4, 0.5) is 5.69 Å². The topological polar surface area (TPSA) is 119 Å². The lowest BCUT2D eigenvalue weighted by Gasteiger charge is -2.26. The van der Waals surface area contributed by atoms with Crippen molar-refractivity contribution in [2.75, 3.05) is 12.4 Å². The van der Waals surface area contributed by atoms with E-state index in [1.54, 1.807) is 24.4 Å². The van der Waals surface area contributed by atoms with E-state index in [-0.39, 0.29) is 24.3 Å². The van der Waals surface area contributed by atoms with Gasteiger partial charge in [0.1, 0.15) is 5.52 Å². The van der Waals surface area contributed by atoms with Crippen LogP contribution in [0.25, 0.3) is 11.0 Å². The molecule has 2 aromatic heterocycles. The standard InChI is InChI=1S/C16H19N5O3/c1-24-14-5-4-11-15(21-14)12(6-7-18-11)20-13(22)8-9-2-3-10(17)16(23)19-9/h4-7,9-10H,2-3,8,17H2,1H3,(H,19,23)(H,18,20,22). The van der Waals surface area contributed by atoms with Gasteiger partial charge in [-0.2, -0.15) is 0 Å². The number of nitrogens with two attached hydrogens (primary N) is 1. The van der Waals surface area contributed by atoms with E-state index in [4.69, 9.17) is 10.5 Å². The summed E-state index contributed by atoms with van der Waals surface area (Å²) in [6.45, 7) is 0. The maximum atomic E-state index is 12.3. The lowest BCUT2D eigenvalue weighted by atomic mass is 9.98. The minimum absolute atomic E-state index is 0.187. The maximum Gasteiger partial charge on any atom is 0.237 e. The molecule has 1 aliphatic rings. The number of carbonyl (C=O) groups excluding carboxylic acids is 2. The summed E-state index contributed by atoms with van der Waals surface area (Å²) in [5.41, 5.74) is 7.42. The van der Waals surface area contributed by atoms with Gasteiger partial charge in [-0.3, -0.25) is 14.6 Å². The largest absolute Gasteiger partial charge is 0.481 e. The fraction of sp³-hybridized carbons (Fsp3) is 0.375. The second kappa shape index (κ2) is 6.79. The molecule has 1 fully saturated rings. The number of piperidine rings is 1. The van der Waals surface area contributed by atoms with Gasteiger partial charge in [0.25, 0.3) is 0 Å². The molecule has 0 aromatic carbocycles. The van der Waals surface area contributed by atoms with Crippen LogP contribution in [0.2, 0.25) is 0 Å². The summed E-state index contributed by atoms with van der Waals surface area (Å²) in [4.78, 5) is 32.4. The van der Waals surface area contributed by atoms with Gasteiger partial charge in [0.15, 0.2) is 0 Å². The quantitative estimate of drug-likeness (QED) is 0.754. The number of fused-ring (bicyclic) bond motifs is 1. The van der Waals surface area contributed by atoms with Crippen LogP contribution in [-0.4, -0.2) is 41.0 Å². The molecule has 24 heavy (non-hydrogen) atoms. The van der Waals surface area contributed by atoms with Crippen LogP contribution in [0, 0.1) is 0 Å². The molecule has 1 saturated heterocycles. The third-order valence-corrected chi connectivity index (χ3v) is 3.98. The van der Waals surface area contributed by atoms with Crippen LogP contribution < -0.4 is 21.1 Å². The first-order chi connectivity index (χ1) is 11.6. The van der Waals surface area contributed by atoms with Gasteiger partial charge in [-0.05, 0) is 25.0 Å². The Bertz CT molecular complexity index is 779. The number of anilines is 1. The molecule has 0 radical (unpaired) electrons. The van der Waals surface area contributed by atoms with Crippen molar-refractivity contribution in [2.45, 2.75) is 31.3 Å². The lowest BCUT2D eigenvalue weighted by Crippen LogP contribution is -2.51. The number of aromatic nitrogens is 2. The summed E-state index contributed by atoms with van der Waals surface area (Å²) in [5, 5.41) is 5.60. The van der Waals surface area contributed by atoms with Gasteiger partial charge in [0.05, 0.1) is 24.4 Å². The second-order valence-electron chi connectivity index (χ2n) is 5.72. The molecule has 8 heteroatoms. The van der Waals surface area contributed by atoms with E-state index in [2.05, 4.69) is 20.6 Å². The normalized spacial score (nSPS) is 20.5. The van der Waals surface area contributed by atoms with Gasteiger partial charge >= 0.3 is 0 Å². The van der Waals surface area contributed by atoms with Gasteiger partial charge in [-0.25, -0.2) is 4.98 Å². The molecule has 126 valence electrons. The molecular formula is C16H19N5O3. The van der Waals surface area contributed by atoms with Gasteiger partial charge in [-0.1, -0.05) is 0 Å². The van der Waals surface area contributed by atoms with Gasteiger partial charge in [0, 0.05) is 24.7 Å². The zero-order valence-electron chi connectivity index (χ0n) is 13.3. The number of pyridine rings is 2. The van der Waals surface area contributed by atoms with Crippen molar-refractivity contribution in [2.24, 2.45) is 5.73 Å². The van der Waals surface area contributed by atoms with Crippen LogP contribution >= 0.6 is 0 Å². The Morgan fingerprint density at radius 1 is 1.42 bits per heavy atom. The Labute approximate surface area is 138 Å². The number of nitrogens with one attached hydrogen (secondary N) is 2. The monoisotopic (exact) mass is 329 g/mol. The van der Waals surface area contributed by atoms with Crippen LogP contribution in [-0.2, 0) is 9.59 Å². The average molecular weight is 329 g/mol. The highest BCUT2D eigenvalue weighted by atomic mass is 16.5. The first kappa shape index (κ1) is 16.1. The predicted octanol–water partition coefficient (Wildman–Crippen LogP) is 0.573. The third-order valence-electron chi connectivity index (χ3n) is 3.98. The van der Waals surface area contributed by atoms with Crippen molar-refractivity contribution in [1.82, 2.24) is 15.3 Å². The van der Waals surface area contributed by atoms with Gasteiger partial charge in [-0.15, -0.1) is 0 Å². The Balaban J connectivity index is 1.72. The molecule has 2 atom stereocenters. The van der Waals surface area contributed by atoms with E-state index in [1.807, 2.05) is 0 Å². The van der Waals surface area contributed by atoms with Crippen LogP contribution in [0.3, 0.4) is 0 Å². The van der Waals surface area contributed by atoms with Crippen molar-refractivity contribution in [1.29, 1.82) is 0 Å². The van der Waals surface area contributed by atoms with Gasteiger partial charge < -0.3 is 21.1 Å². The number of rotatable bonds is 4. The van der Waals surface area contributed by atoms with Crippen molar-refractivity contribution in [3.05, 3.63) is 24.4 Å². The molecule has 1 aliphatic heterocycles. The summed E-state index contributed by atoms with van der Waals surface area (Å²) in [6.07, 6.45) is 3.06. The highest BCUT2D eigenvalue weighted by molar-refractivity contribution is 5.99. The van der Waals surface area contributed by atoms with Crippen LogP contribution in [0.15, 0.2) is 24.4 Å². The fourth-order valence-corrected chi connectivity index (χ4v) is 2.69. The van der Waals surface area contributed by atoms with Crippen molar-refractivity contribution >= 4 is 28.5 Å². The number of ether oxygens (including phenoxy) is 1. The zero-order valence-corrected chi connectivity index (χ0v) is 13.3. The smallest absolute Gasteiger partial charge is 0.237 e. The highest BCUT2D eigenvalue weighted by Gasteiger charge is 2.26. The minimum Gasteiger partial charge on any atom is -0.481 e. The average Bonchev–Trinajstić information content (AvgIpc) is 2.58. The molecule has 0 spiro atoms. The molecule has 2 amide bonds. The third kappa shape index (κ3) is 3.43. The molecule has 0 saturated carbocycles. The highest BCUT2D eigenvalue weighted by Crippen LogP contribution is 2.22. The predicted molar refractivity (Wildman–Crippen MR) is 88.5 cm³/mol. The fourth-order valence-electron chi connectivity index (χ4n) is 2.69. The first-order valence-corrected chi connectivity index (χ1v) is 7.72. The Hall–Kier alpha value is -2.74. The lowest BCUT2D eigenvalue weighted by molar-refractivity contribution is -0.125. The van der Waals surface area contributed by atoms with Crippen molar-refractivity contribution in [3.8, 4) is 5.88 Å². The molecule has 2 aromatic rings. The Morgan fingerprint density at radius 3 is 3.00 bits per heavy atom. The minimum atomic E-state index is -0.481. The summed E-state index contributed by atoms with van der Waals surface area (Å²) in [5.74, 6) is 0.0345. The number of nitrogens with zero attached hydrogens (tertiary/aromatic N) is 2. The number of hydrogen-bond donors (Lipinski definition) is 3. The number of methoxy groups -OCH3 is 1. The van der Waals surface area contributed by atoms with E-state index in [0.29, 0.717) is 35.4 Å². The number of amides is 2. The van der Waals surface area contributed by atoms with E-state index >= 15 is 0 Å². The van der Waals surface area contributed by atoms with E-state index < -0.39 is 6.04 Å². The second-order valence-corrected chi connectivity index (χ2v) is 5.72. The van der Waals surface area contributed by atoms with E-state index in [1.165, 1.54) is 7.11 Å². The number of hydrogen-bond acceptors (Lipinski definition) is 6. The van der Waals surface area contributed by atoms with Crippen molar-refractivity contribution < 1.29 is 14.3 Å². The molecular weight excluding hydrogens is 310 g/mol. The Morgan fingerprint density at radius 2 is 2.25 bits per heavy atom. The van der Waals surface area contributed by atoms with Crippen LogP contribution in [0.5, 0.6) is 5.88 Å². The van der Waals surface area contributed by atoms with Crippen LogP contribution in [0.1, 0.15) is 19.3 Å². The zero-order chi connectivity index (χ0) is 17.1.